The van der Waals surface area contributed by atoms with Gasteiger partial charge in [-0.15, -0.1) is 11.3 Å². The minimum Gasteiger partial charge on any atom is -0.468 e. The zero-order valence-electron chi connectivity index (χ0n) is 17.3. The van der Waals surface area contributed by atoms with Crippen molar-refractivity contribution in [1.29, 1.82) is 0 Å². The summed E-state index contributed by atoms with van der Waals surface area (Å²) in [6.45, 7) is 6.26. The average molecular weight is 428 g/mol. The summed E-state index contributed by atoms with van der Waals surface area (Å²) in [5, 5.41) is 8.83. The van der Waals surface area contributed by atoms with Gasteiger partial charge in [0.05, 0.1) is 23.7 Å². The second-order valence-corrected chi connectivity index (χ2v) is 8.27. The molecule has 30 heavy (non-hydrogen) atoms. The second-order valence-electron chi connectivity index (χ2n) is 7.33. The zero-order valence-corrected chi connectivity index (χ0v) is 18.2. The number of furan rings is 1. The van der Waals surface area contributed by atoms with Gasteiger partial charge in [0.2, 0.25) is 5.89 Å². The van der Waals surface area contributed by atoms with Crippen molar-refractivity contribution in [3.63, 3.8) is 0 Å². The van der Waals surface area contributed by atoms with Crippen LogP contribution in [0.1, 0.15) is 43.7 Å². The van der Waals surface area contributed by atoms with E-state index in [-0.39, 0.29) is 6.04 Å². The SMILES string of the molecule is CCNC(=NCc1coc(-c2cccs2)n1)NCC(c1ccco1)N1CCCCC1. The first-order valence-corrected chi connectivity index (χ1v) is 11.5. The molecule has 160 valence electrons. The minimum atomic E-state index is 0.196. The number of piperidine rings is 1. The molecule has 8 heteroatoms. The van der Waals surface area contributed by atoms with Gasteiger partial charge in [-0.1, -0.05) is 12.5 Å². The first kappa shape index (κ1) is 20.7. The fourth-order valence-electron chi connectivity index (χ4n) is 3.71. The summed E-state index contributed by atoms with van der Waals surface area (Å²) in [4.78, 5) is 12.8. The van der Waals surface area contributed by atoms with E-state index in [1.165, 1.54) is 19.3 Å². The second kappa shape index (κ2) is 10.4. The monoisotopic (exact) mass is 427 g/mol. The van der Waals surface area contributed by atoms with Crippen LogP contribution in [0.3, 0.4) is 0 Å². The Morgan fingerprint density at radius 1 is 1.20 bits per heavy atom. The van der Waals surface area contributed by atoms with Crippen LogP contribution in [0.2, 0.25) is 0 Å². The molecule has 7 nitrogen and oxygen atoms in total. The van der Waals surface area contributed by atoms with Gasteiger partial charge >= 0.3 is 0 Å². The molecule has 1 fully saturated rings. The number of hydrogen-bond acceptors (Lipinski definition) is 6. The summed E-state index contributed by atoms with van der Waals surface area (Å²) < 4.78 is 11.3. The largest absolute Gasteiger partial charge is 0.468 e. The molecular formula is C22H29N5O2S. The number of oxazole rings is 1. The Labute approximate surface area is 181 Å². The van der Waals surface area contributed by atoms with E-state index < -0.39 is 0 Å². The van der Waals surface area contributed by atoms with Crippen molar-refractivity contribution in [3.8, 4) is 10.8 Å². The average Bonchev–Trinajstić information content (AvgIpc) is 3.55. The van der Waals surface area contributed by atoms with Crippen molar-refractivity contribution < 1.29 is 8.83 Å². The summed E-state index contributed by atoms with van der Waals surface area (Å²) in [6.07, 6.45) is 7.22. The molecule has 0 amide bonds. The first-order chi connectivity index (χ1) is 14.8. The number of aromatic nitrogens is 1. The van der Waals surface area contributed by atoms with E-state index in [2.05, 4.69) is 33.5 Å². The number of likely N-dealkylation sites (tertiary alicyclic amines) is 1. The lowest BCUT2D eigenvalue weighted by Crippen LogP contribution is -2.44. The molecule has 0 spiro atoms. The maximum atomic E-state index is 5.75. The topological polar surface area (TPSA) is 78.8 Å². The molecule has 2 N–H and O–H groups in total. The number of nitrogens with one attached hydrogen (secondary N) is 2. The molecule has 3 aromatic rings. The van der Waals surface area contributed by atoms with Crippen LogP contribution >= 0.6 is 11.3 Å². The third-order valence-corrected chi connectivity index (χ3v) is 6.05. The summed E-state index contributed by atoms with van der Waals surface area (Å²) >= 11 is 1.62. The van der Waals surface area contributed by atoms with Crippen molar-refractivity contribution >= 4 is 17.3 Å². The highest BCUT2D eigenvalue weighted by atomic mass is 32.1. The standard InChI is InChI=1S/C22H29N5O2S/c1-2-23-22(24-14-17-16-29-21(26-17)20-9-7-13-30-20)25-15-18(19-8-6-12-28-19)27-10-4-3-5-11-27/h6-9,12-13,16,18H,2-5,10-11,14-15H2,1H3,(H2,23,24,25). The molecule has 0 bridgehead atoms. The molecule has 3 aromatic heterocycles. The van der Waals surface area contributed by atoms with Crippen molar-refractivity contribution in [3.05, 3.63) is 53.6 Å². The molecule has 1 unspecified atom stereocenters. The van der Waals surface area contributed by atoms with Crippen LogP contribution in [0.4, 0.5) is 0 Å². The Kier molecular flexibility index (Phi) is 7.20. The molecule has 0 aliphatic carbocycles. The van der Waals surface area contributed by atoms with Gasteiger partial charge in [-0.3, -0.25) is 4.90 Å². The molecular weight excluding hydrogens is 398 g/mol. The molecule has 0 radical (unpaired) electrons. The van der Waals surface area contributed by atoms with Crippen LogP contribution in [0.25, 0.3) is 10.8 Å². The van der Waals surface area contributed by atoms with Gasteiger partial charge < -0.3 is 19.5 Å². The van der Waals surface area contributed by atoms with E-state index in [4.69, 9.17) is 13.8 Å². The van der Waals surface area contributed by atoms with Crippen molar-refractivity contribution in [2.75, 3.05) is 26.2 Å². The Bertz CT molecular complexity index is 898. The Balaban J connectivity index is 1.40. The minimum absolute atomic E-state index is 0.196. The van der Waals surface area contributed by atoms with Crippen LogP contribution < -0.4 is 10.6 Å². The molecule has 0 saturated carbocycles. The molecule has 4 rings (SSSR count). The first-order valence-electron chi connectivity index (χ1n) is 10.6. The Morgan fingerprint density at radius 2 is 2.10 bits per heavy atom. The van der Waals surface area contributed by atoms with Gasteiger partial charge in [-0.2, -0.15) is 0 Å². The molecule has 0 aromatic carbocycles. The van der Waals surface area contributed by atoms with Crippen molar-refractivity contribution in [2.45, 2.75) is 38.8 Å². The summed E-state index contributed by atoms with van der Waals surface area (Å²) in [7, 11) is 0. The quantitative estimate of drug-likeness (QED) is 0.413. The van der Waals surface area contributed by atoms with Gasteiger partial charge in [0, 0.05) is 13.1 Å². The predicted molar refractivity (Wildman–Crippen MR) is 120 cm³/mol. The van der Waals surface area contributed by atoms with Gasteiger partial charge in [0.15, 0.2) is 5.96 Å². The van der Waals surface area contributed by atoms with Crippen molar-refractivity contribution in [1.82, 2.24) is 20.5 Å². The molecule has 1 aliphatic rings. The van der Waals surface area contributed by atoms with E-state index in [1.54, 1.807) is 23.9 Å². The van der Waals surface area contributed by atoms with E-state index >= 15 is 0 Å². The fraction of sp³-hybridized carbons (Fsp3) is 0.455. The van der Waals surface area contributed by atoms with Crippen LogP contribution in [0, 0.1) is 0 Å². The number of rotatable bonds is 8. The smallest absolute Gasteiger partial charge is 0.236 e. The normalized spacial score (nSPS) is 16.5. The van der Waals surface area contributed by atoms with Gasteiger partial charge in [0.25, 0.3) is 0 Å². The summed E-state index contributed by atoms with van der Waals surface area (Å²) in [5.74, 6) is 2.42. The van der Waals surface area contributed by atoms with Crippen LogP contribution in [-0.4, -0.2) is 42.0 Å². The maximum absolute atomic E-state index is 5.75. The van der Waals surface area contributed by atoms with E-state index in [0.717, 1.165) is 48.5 Å². The van der Waals surface area contributed by atoms with Crippen LogP contribution in [0.15, 0.2) is 56.0 Å². The Hall–Kier alpha value is -2.58. The predicted octanol–water partition coefficient (Wildman–Crippen LogP) is 4.28. The number of thiophene rings is 1. The highest BCUT2D eigenvalue weighted by Gasteiger charge is 2.24. The number of nitrogens with zero attached hydrogens (tertiary/aromatic N) is 3. The number of aliphatic imine (C=N–C) groups is 1. The Morgan fingerprint density at radius 3 is 2.83 bits per heavy atom. The maximum Gasteiger partial charge on any atom is 0.236 e. The lowest BCUT2D eigenvalue weighted by molar-refractivity contribution is 0.146. The van der Waals surface area contributed by atoms with Gasteiger partial charge in [0.1, 0.15) is 17.7 Å². The lowest BCUT2D eigenvalue weighted by atomic mass is 10.1. The van der Waals surface area contributed by atoms with Gasteiger partial charge in [-0.05, 0) is 56.4 Å². The van der Waals surface area contributed by atoms with Crippen LogP contribution in [-0.2, 0) is 6.54 Å². The number of hydrogen-bond donors (Lipinski definition) is 2. The lowest BCUT2D eigenvalue weighted by Gasteiger charge is -2.33. The third-order valence-electron chi connectivity index (χ3n) is 5.19. The third kappa shape index (κ3) is 5.31. The van der Waals surface area contributed by atoms with E-state index in [0.29, 0.717) is 12.4 Å². The van der Waals surface area contributed by atoms with Gasteiger partial charge in [-0.25, -0.2) is 9.98 Å². The highest BCUT2D eigenvalue weighted by molar-refractivity contribution is 7.13. The number of guanidine groups is 1. The highest BCUT2D eigenvalue weighted by Crippen LogP contribution is 2.25. The molecule has 1 atom stereocenters. The summed E-state index contributed by atoms with van der Waals surface area (Å²) in [5.41, 5.74) is 0.814. The molecule has 1 saturated heterocycles. The van der Waals surface area contributed by atoms with Crippen molar-refractivity contribution in [2.24, 2.45) is 4.99 Å². The van der Waals surface area contributed by atoms with E-state index in [9.17, 15) is 0 Å². The molecule has 4 heterocycles. The van der Waals surface area contributed by atoms with E-state index in [1.807, 2.05) is 23.6 Å². The molecule has 1 aliphatic heterocycles. The fourth-order valence-corrected chi connectivity index (χ4v) is 4.36. The zero-order chi connectivity index (χ0) is 20.6. The summed E-state index contributed by atoms with van der Waals surface area (Å²) in [6, 6.07) is 8.22. The van der Waals surface area contributed by atoms with Crippen LogP contribution in [0.5, 0.6) is 0 Å².